The summed E-state index contributed by atoms with van der Waals surface area (Å²) in [6.07, 6.45) is 5.48. The highest BCUT2D eigenvalue weighted by atomic mass is 35.5. The van der Waals surface area contributed by atoms with Crippen LogP contribution in [-0.2, 0) is 6.54 Å². The SMILES string of the molecule is Clc1ccc(CN=C2NC3CCCCC3CS2)s1. The first-order valence-electron chi connectivity index (χ1n) is 6.49. The van der Waals surface area contributed by atoms with Crippen molar-refractivity contribution in [2.45, 2.75) is 38.3 Å². The van der Waals surface area contributed by atoms with Crippen molar-refractivity contribution in [3.8, 4) is 0 Å². The lowest BCUT2D eigenvalue weighted by Crippen LogP contribution is -2.46. The molecule has 0 aromatic carbocycles. The zero-order valence-corrected chi connectivity index (χ0v) is 12.6. The van der Waals surface area contributed by atoms with E-state index in [9.17, 15) is 0 Å². The van der Waals surface area contributed by atoms with E-state index in [4.69, 9.17) is 11.6 Å². The Kier molecular flexibility index (Phi) is 4.16. The zero-order chi connectivity index (χ0) is 12.4. The van der Waals surface area contributed by atoms with Crippen molar-refractivity contribution >= 4 is 39.9 Å². The molecule has 2 unspecified atom stereocenters. The van der Waals surface area contributed by atoms with Gasteiger partial charge in [-0.2, -0.15) is 0 Å². The van der Waals surface area contributed by atoms with Gasteiger partial charge in [-0.1, -0.05) is 36.2 Å². The molecule has 98 valence electrons. The van der Waals surface area contributed by atoms with E-state index in [0.717, 1.165) is 22.0 Å². The van der Waals surface area contributed by atoms with E-state index >= 15 is 0 Å². The molecule has 0 radical (unpaired) electrons. The average molecular weight is 301 g/mol. The van der Waals surface area contributed by atoms with Crippen molar-refractivity contribution in [3.05, 3.63) is 21.3 Å². The predicted octanol–water partition coefficient (Wildman–Crippen LogP) is 4.15. The number of hydrogen-bond acceptors (Lipinski definition) is 3. The van der Waals surface area contributed by atoms with E-state index in [1.54, 1.807) is 11.3 Å². The molecule has 0 bridgehead atoms. The van der Waals surface area contributed by atoms with Gasteiger partial charge in [0.15, 0.2) is 5.17 Å². The molecular weight excluding hydrogens is 284 g/mol. The van der Waals surface area contributed by atoms with Gasteiger partial charge in [0.25, 0.3) is 0 Å². The number of fused-ring (bicyclic) bond motifs is 1. The second-order valence-electron chi connectivity index (χ2n) is 4.93. The van der Waals surface area contributed by atoms with Crippen LogP contribution in [-0.4, -0.2) is 17.0 Å². The second-order valence-corrected chi connectivity index (χ2v) is 7.74. The average Bonchev–Trinajstić information content (AvgIpc) is 2.82. The lowest BCUT2D eigenvalue weighted by molar-refractivity contribution is 0.311. The summed E-state index contributed by atoms with van der Waals surface area (Å²) < 4.78 is 0.849. The van der Waals surface area contributed by atoms with Crippen LogP contribution in [0.2, 0.25) is 4.34 Å². The summed E-state index contributed by atoms with van der Waals surface area (Å²) in [4.78, 5) is 5.91. The summed E-state index contributed by atoms with van der Waals surface area (Å²) in [7, 11) is 0. The van der Waals surface area contributed by atoms with Gasteiger partial charge in [-0.3, -0.25) is 4.99 Å². The summed E-state index contributed by atoms with van der Waals surface area (Å²) in [5.41, 5.74) is 0. The molecule has 1 saturated heterocycles. The number of hydrogen-bond donors (Lipinski definition) is 1. The van der Waals surface area contributed by atoms with Gasteiger partial charge < -0.3 is 5.32 Å². The summed E-state index contributed by atoms with van der Waals surface area (Å²) >= 11 is 9.43. The highest BCUT2D eigenvalue weighted by Crippen LogP contribution is 2.31. The molecule has 1 aliphatic carbocycles. The first-order valence-corrected chi connectivity index (χ1v) is 8.67. The monoisotopic (exact) mass is 300 g/mol. The van der Waals surface area contributed by atoms with E-state index in [-0.39, 0.29) is 0 Å². The lowest BCUT2D eigenvalue weighted by Gasteiger charge is -2.36. The minimum absolute atomic E-state index is 0.672. The van der Waals surface area contributed by atoms with E-state index in [0.29, 0.717) is 6.04 Å². The summed E-state index contributed by atoms with van der Waals surface area (Å²) in [5, 5.41) is 4.74. The number of nitrogens with one attached hydrogen (secondary N) is 1. The van der Waals surface area contributed by atoms with Crippen molar-refractivity contribution in [1.82, 2.24) is 5.32 Å². The van der Waals surface area contributed by atoms with Gasteiger partial charge in [0, 0.05) is 16.7 Å². The molecule has 1 aromatic heterocycles. The van der Waals surface area contributed by atoms with Crippen LogP contribution in [0.4, 0.5) is 0 Å². The van der Waals surface area contributed by atoms with Gasteiger partial charge in [-0.25, -0.2) is 0 Å². The van der Waals surface area contributed by atoms with Crippen LogP contribution >= 0.6 is 34.7 Å². The molecule has 2 nitrogen and oxygen atoms in total. The number of thiophene rings is 1. The Bertz CT molecular complexity index is 444. The number of halogens is 1. The van der Waals surface area contributed by atoms with E-state index in [2.05, 4.69) is 16.4 Å². The second kappa shape index (κ2) is 5.85. The van der Waals surface area contributed by atoms with Crippen LogP contribution < -0.4 is 5.32 Å². The normalized spacial score (nSPS) is 29.9. The van der Waals surface area contributed by atoms with Gasteiger partial charge in [-0.05, 0) is 30.9 Å². The van der Waals surface area contributed by atoms with Crippen molar-refractivity contribution in [1.29, 1.82) is 0 Å². The summed E-state index contributed by atoms with van der Waals surface area (Å²) in [5.74, 6) is 2.10. The minimum Gasteiger partial charge on any atom is -0.362 e. The molecule has 18 heavy (non-hydrogen) atoms. The fourth-order valence-electron chi connectivity index (χ4n) is 2.66. The topological polar surface area (TPSA) is 24.4 Å². The third-order valence-electron chi connectivity index (χ3n) is 3.66. The Labute approximate surface area is 121 Å². The summed E-state index contributed by atoms with van der Waals surface area (Å²) in [6.45, 7) is 0.754. The molecular formula is C13H17ClN2S2. The van der Waals surface area contributed by atoms with Crippen LogP contribution in [0.25, 0.3) is 0 Å². The highest BCUT2D eigenvalue weighted by Gasteiger charge is 2.30. The maximum absolute atomic E-state index is 5.92. The Morgan fingerprint density at radius 2 is 2.22 bits per heavy atom. The third kappa shape index (κ3) is 3.03. The number of rotatable bonds is 2. The lowest BCUT2D eigenvalue weighted by atomic mass is 9.86. The van der Waals surface area contributed by atoms with Gasteiger partial charge in [0.1, 0.15) is 0 Å². The molecule has 1 aliphatic heterocycles. The molecule has 0 amide bonds. The van der Waals surface area contributed by atoms with Crippen molar-refractivity contribution in [3.63, 3.8) is 0 Å². The van der Waals surface area contributed by atoms with Gasteiger partial charge in [0.05, 0.1) is 10.9 Å². The van der Waals surface area contributed by atoms with Crippen molar-refractivity contribution < 1.29 is 0 Å². The maximum atomic E-state index is 5.92. The molecule has 2 atom stereocenters. The quantitative estimate of drug-likeness (QED) is 0.887. The van der Waals surface area contributed by atoms with Crippen LogP contribution in [0.3, 0.4) is 0 Å². The van der Waals surface area contributed by atoms with E-state index in [1.807, 2.05) is 17.8 Å². The van der Waals surface area contributed by atoms with Crippen molar-refractivity contribution in [2.24, 2.45) is 10.9 Å². The number of nitrogens with zero attached hydrogens (tertiary/aromatic N) is 1. The third-order valence-corrected chi connectivity index (χ3v) is 5.99. The standard InChI is InChI=1S/C13H17ClN2S2/c14-12-6-5-10(18-12)7-15-13-16-11-4-2-1-3-9(11)8-17-13/h5-6,9,11H,1-4,7-8H2,(H,15,16). The Morgan fingerprint density at radius 3 is 3.06 bits per heavy atom. The molecule has 1 saturated carbocycles. The van der Waals surface area contributed by atoms with Gasteiger partial charge in [-0.15, -0.1) is 11.3 Å². The molecule has 1 aromatic rings. The minimum atomic E-state index is 0.672. The highest BCUT2D eigenvalue weighted by molar-refractivity contribution is 8.13. The van der Waals surface area contributed by atoms with Crippen LogP contribution in [0, 0.1) is 5.92 Å². The molecule has 2 heterocycles. The first kappa shape index (κ1) is 12.8. The fourth-order valence-corrected chi connectivity index (χ4v) is 4.83. The molecule has 1 N–H and O–H groups in total. The largest absolute Gasteiger partial charge is 0.362 e. The molecule has 0 spiro atoms. The molecule has 5 heteroatoms. The fraction of sp³-hybridized carbons (Fsp3) is 0.615. The summed E-state index contributed by atoms with van der Waals surface area (Å²) in [6, 6.07) is 4.68. The first-order chi connectivity index (χ1) is 8.81. The molecule has 3 rings (SSSR count). The number of amidine groups is 1. The Hall–Kier alpha value is -0.190. The van der Waals surface area contributed by atoms with Crippen LogP contribution in [0.5, 0.6) is 0 Å². The smallest absolute Gasteiger partial charge is 0.157 e. The van der Waals surface area contributed by atoms with Gasteiger partial charge in [0.2, 0.25) is 0 Å². The van der Waals surface area contributed by atoms with Crippen molar-refractivity contribution in [2.75, 3.05) is 5.75 Å². The Balaban J connectivity index is 1.59. The van der Waals surface area contributed by atoms with Crippen LogP contribution in [0.15, 0.2) is 17.1 Å². The van der Waals surface area contributed by atoms with Gasteiger partial charge >= 0.3 is 0 Å². The Morgan fingerprint density at radius 1 is 1.33 bits per heavy atom. The van der Waals surface area contributed by atoms with E-state index < -0.39 is 0 Å². The number of aliphatic imine (C=N–C) groups is 1. The maximum Gasteiger partial charge on any atom is 0.157 e. The van der Waals surface area contributed by atoms with E-state index in [1.165, 1.54) is 36.3 Å². The predicted molar refractivity (Wildman–Crippen MR) is 81.8 cm³/mol. The molecule has 2 fully saturated rings. The number of thioether (sulfide) groups is 1. The zero-order valence-electron chi connectivity index (χ0n) is 10.2. The molecule has 2 aliphatic rings. The van der Waals surface area contributed by atoms with Crippen LogP contribution in [0.1, 0.15) is 30.6 Å².